The first-order valence-corrected chi connectivity index (χ1v) is 9.28. The molecule has 0 aromatic heterocycles. The number of benzene rings is 1. The van der Waals surface area contributed by atoms with Gasteiger partial charge in [0.2, 0.25) is 5.91 Å². The number of esters is 2. The van der Waals surface area contributed by atoms with Crippen molar-refractivity contribution in [3.8, 4) is 0 Å². The number of carbonyl (C=O) groups excluding carboxylic acids is 3. The zero-order chi connectivity index (χ0) is 19.1. The second-order valence-electron chi connectivity index (χ2n) is 6.13. The van der Waals surface area contributed by atoms with Crippen LogP contribution in [0.1, 0.15) is 19.4 Å². The summed E-state index contributed by atoms with van der Waals surface area (Å²) in [6.45, 7) is 4.33. The highest BCUT2D eigenvalue weighted by Crippen LogP contribution is 2.34. The summed E-state index contributed by atoms with van der Waals surface area (Å²) in [5.41, 5.74) is 0.971. The van der Waals surface area contributed by atoms with Crippen LogP contribution in [0, 0.1) is 17.8 Å². The first-order valence-electron chi connectivity index (χ1n) is 8.75. The van der Waals surface area contributed by atoms with Crippen LogP contribution >= 0.6 is 11.6 Å². The molecule has 1 aromatic carbocycles. The Kier molecular flexibility index (Phi) is 7.45. The summed E-state index contributed by atoms with van der Waals surface area (Å²) in [6, 6.07) is 9.53. The highest BCUT2D eigenvalue weighted by atomic mass is 35.5. The Bertz CT molecular complexity index is 618. The topological polar surface area (TPSA) is 72.9 Å². The van der Waals surface area contributed by atoms with Crippen molar-refractivity contribution in [1.29, 1.82) is 0 Å². The lowest BCUT2D eigenvalue weighted by Gasteiger charge is -2.22. The maximum atomic E-state index is 13.0. The quantitative estimate of drug-likeness (QED) is 0.392. The number of nitrogens with zero attached hydrogens (tertiary/aromatic N) is 1. The molecule has 1 aliphatic heterocycles. The van der Waals surface area contributed by atoms with Gasteiger partial charge in [0.15, 0.2) is 5.92 Å². The molecule has 0 N–H and O–H groups in total. The average Bonchev–Trinajstić information content (AvgIpc) is 2.93. The molecule has 0 aliphatic carbocycles. The minimum atomic E-state index is -1.29. The lowest BCUT2D eigenvalue weighted by molar-refractivity contribution is -0.167. The van der Waals surface area contributed by atoms with Crippen molar-refractivity contribution >= 4 is 29.4 Å². The molecule has 0 spiro atoms. The summed E-state index contributed by atoms with van der Waals surface area (Å²) in [6.07, 6.45) is 0. The van der Waals surface area contributed by atoms with Gasteiger partial charge >= 0.3 is 11.9 Å². The normalized spacial score (nSPS) is 19.7. The monoisotopic (exact) mass is 381 g/mol. The van der Waals surface area contributed by atoms with E-state index in [0.717, 1.165) is 5.56 Å². The van der Waals surface area contributed by atoms with E-state index in [4.69, 9.17) is 21.1 Å². The zero-order valence-corrected chi connectivity index (χ0v) is 15.8. The van der Waals surface area contributed by atoms with E-state index in [1.807, 2.05) is 30.3 Å². The van der Waals surface area contributed by atoms with Gasteiger partial charge in [0.25, 0.3) is 0 Å². The summed E-state index contributed by atoms with van der Waals surface area (Å²) in [4.78, 5) is 39.4. The number of amides is 1. The summed E-state index contributed by atoms with van der Waals surface area (Å²) in [5, 5.41) is 0. The molecular weight excluding hydrogens is 358 g/mol. The maximum absolute atomic E-state index is 13.0. The van der Waals surface area contributed by atoms with Gasteiger partial charge in [-0.05, 0) is 19.4 Å². The number of hydrogen-bond donors (Lipinski definition) is 0. The van der Waals surface area contributed by atoms with Crippen molar-refractivity contribution in [1.82, 2.24) is 4.90 Å². The van der Waals surface area contributed by atoms with Crippen molar-refractivity contribution in [2.75, 3.05) is 25.6 Å². The lowest BCUT2D eigenvalue weighted by Crippen LogP contribution is -2.41. The summed E-state index contributed by atoms with van der Waals surface area (Å²) < 4.78 is 10.0. The van der Waals surface area contributed by atoms with Gasteiger partial charge in [0.05, 0.1) is 19.1 Å². The van der Waals surface area contributed by atoms with Gasteiger partial charge in [-0.1, -0.05) is 30.3 Å². The van der Waals surface area contributed by atoms with Gasteiger partial charge in [-0.2, -0.15) is 0 Å². The van der Waals surface area contributed by atoms with Gasteiger partial charge in [-0.15, -0.1) is 11.6 Å². The smallest absolute Gasteiger partial charge is 0.321 e. The van der Waals surface area contributed by atoms with Gasteiger partial charge < -0.3 is 14.4 Å². The van der Waals surface area contributed by atoms with Gasteiger partial charge in [0.1, 0.15) is 0 Å². The molecule has 1 aromatic rings. The van der Waals surface area contributed by atoms with E-state index in [1.54, 1.807) is 18.7 Å². The van der Waals surface area contributed by atoms with Crippen LogP contribution in [0.2, 0.25) is 0 Å². The van der Waals surface area contributed by atoms with Gasteiger partial charge in [-0.25, -0.2) is 0 Å². The molecule has 2 rings (SSSR count). The SMILES string of the molecule is CCOC(=O)C(C(=O)OCC)[C@@H]1C(=O)N(Cc2ccccc2)C[C@H]1CCl. The molecule has 0 radical (unpaired) electrons. The van der Waals surface area contributed by atoms with Gasteiger partial charge in [-0.3, -0.25) is 14.4 Å². The summed E-state index contributed by atoms with van der Waals surface area (Å²) >= 11 is 6.06. The van der Waals surface area contributed by atoms with Crippen LogP contribution in [0.25, 0.3) is 0 Å². The van der Waals surface area contributed by atoms with E-state index < -0.39 is 23.8 Å². The van der Waals surface area contributed by atoms with E-state index in [9.17, 15) is 14.4 Å². The lowest BCUT2D eigenvalue weighted by atomic mass is 9.84. The van der Waals surface area contributed by atoms with Crippen molar-refractivity contribution in [2.45, 2.75) is 20.4 Å². The number of halogens is 1. The molecule has 26 heavy (non-hydrogen) atoms. The molecule has 6 nitrogen and oxygen atoms in total. The predicted octanol–water partition coefficient (Wildman–Crippen LogP) is 2.24. The molecule has 2 atom stereocenters. The molecule has 1 aliphatic rings. The standard InChI is InChI=1S/C19H24ClNO5/c1-3-25-18(23)16(19(24)26-4-2)15-14(10-20)12-21(17(15)22)11-13-8-6-5-7-9-13/h5-9,14-16H,3-4,10-12H2,1-2H3/t14-,15-/m1/s1. The van der Waals surface area contributed by atoms with Crippen molar-refractivity contribution in [3.05, 3.63) is 35.9 Å². The molecule has 1 amide bonds. The summed E-state index contributed by atoms with van der Waals surface area (Å²) in [5.74, 6) is -4.06. The van der Waals surface area contributed by atoms with Crippen molar-refractivity contribution < 1.29 is 23.9 Å². The van der Waals surface area contributed by atoms with Crippen LogP contribution in [-0.4, -0.2) is 48.4 Å². The third-order valence-corrected chi connectivity index (χ3v) is 4.81. The first kappa shape index (κ1) is 20.2. The van der Waals surface area contributed by atoms with E-state index >= 15 is 0 Å². The third kappa shape index (κ3) is 4.55. The fourth-order valence-corrected chi connectivity index (χ4v) is 3.55. The molecule has 1 saturated heterocycles. The highest BCUT2D eigenvalue weighted by Gasteiger charge is 2.51. The Morgan fingerprint density at radius 1 is 1.15 bits per heavy atom. The molecule has 0 unspecified atom stereocenters. The van der Waals surface area contributed by atoms with E-state index in [2.05, 4.69) is 0 Å². The van der Waals surface area contributed by atoms with Crippen LogP contribution in [-0.2, 0) is 30.4 Å². The van der Waals surface area contributed by atoms with Crippen molar-refractivity contribution in [2.24, 2.45) is 17.8 Å². The minimum Gasteiger partial charge on any atom is -0.465 e. The molecule has 142 valence electrons. The Labute approximate surface area is 158 Å². The summed E-state index contributed by atoms with van der Waals surface area (Å²) in [7, 11) is 0. The molecule has 1 heterocycles. The van der Waals surface area contributed by atoms with Crippen LogP contribution in [0.15, 0.2) is 30.3 Å². The van der Waals surface area contributed by atoms with Crippen LogP contribution in [0.4, 0.5) is 0 Å². The second kappa shape index (κ2) is 9.57. The van der Waals surface area contributed by atoms with E-state index in [-0.39, 0.29) is 30.9 Å². The van der Waals surface area contributed by atoms with E-state index in [1.165, 1.54) is 0 Å². The third-order valence-electron chi connectivity index (χ3n) is 4.41. The molecule has 0 bridgehead atoms. The molecule has 7 heteroatoms. The molecular formula is C19H24ClNO5. The predicted molar refractivity (Wildman–Crippen MR) is 96.3 cm³/mol. The zero-order valence-electron chi connectivity index (χ0n) is 15.0. The fraction of sp³-hybridized carbons (Fsp3) is 0.526. The number of hydrogen-bond acceptors (Lipinski definition) is 5. The fourth-order valence-electron chi connectivity index (χ4n) is 3.26. The van der Waals surface area contributed by atoms with Gasteiger partial charge in [0, 0.05) is 24.9 Å². The Hall–Kier alpha value is -2.08. The number of carbonyl (C=O) groups is 3. The largest absolute Gasteiger partial charge is 0.465 e. The number of ether oxygens (including phenoxy) is 2. The first-order chi connectivity index (χ1) is 12.5. The highest BCUT2D eigenvalue weighted by molar-refractivity contribution is 6.18. The Balaban J connectivity index is 2.26. The average molecular weight is 382 g/mol. The molecule has 0 saturated carbocycles. The van der Waals surface area contributed by atoms with Crippen LogP contribution in [0.3, 0.4) is 0 Å². The number of rotatable bonds is 8. The van der Waals surface area contributed by atoms with Crippen LogP contribution < -0.4 is 0 Å². The molecule has 1 fully saturated rings. The van der Waals surface area contributed by atoms with E-state index in [0.29, 0.717) is 13.1 Å². The number of alkyl halides is 1. The Morgan fingerprint density at radius 2 is 1.73 bits per heavy atom. The number of likely N-dealkylation sites (tertiary alicyclic amines) is 1. The van der Waals surface area contributed by atoms with Crippen molar-refractivity contribution in [3.63, 3.8) is 0 Å². The minimum absolute atomic E-state index is 0.120. The van der Waals surface area contributed by atoms with Crippen LogP contribution in [0.5, 0.6) is 0 Å². The maximum Gasteiger partial charge on any atom is 0.321 e. The Morgan fingerprint density at radius 3 is 2.23 bits per heavy atom. The second-order valence-corrected chi connectivity index (χ2v) is 6.43.